The van der Waals surface area contributed by atoms with Crippen molar-refractivity contribution in [3.63, 3.8) is 0 Å². The lowest BCUT2D eigenvalue weighted by atomic mass is 10.00. The Morgan fingerprint density at radius 3 is 2.78 bits per heavy atom. The van der Waals surface area contributed by atoms with Crippen molar-refractivity contribution in [3.8, 4) is 5.75 Å². The highest BCUT2D eigenvalue weighted by atomic mass is 32.1. The van der Waals surface area contributed by atoms with Crippen LogP contribution in [0.2, 0.25) is 0 Å². The summed E-state index contributed by atoms with van der Waals surface area (Å²) in [7, 11) is 0. The zero-order chi connectivity index (χ0) is 23.1. The van der Waals surface area contributed by atoms with Gasteiger partial charge >= 0.3 is 6.03 Å². The molecule has 7 heteroatoms. The molecule has 174 valence electrons. The van der Waals surface area contributed by atoms with Gasteiger partial charge in [-0.3, -0.25) is 4.79 Å². The second-order valence-electron chi connectivity index (χ2n) is 8.73. The minimum Gasteiger partial charge on any atom is -0.491 e. The Morgan fingerprint density at radius 1 is 1.28 bits per heavy atom. The van der Waals surface area contributed by atoms with E-state index in [4.69, 9.17) is 4.74 Å². The van der Waals surface area contributed by atoms with E-state index in [0.29, 0.717) is 26.2 Å². The zero-order valence-electron chi connectivity index (χ0n) is 19.6. The fourth-order valence-electron chi connectivity index (χ4n) is 4.02. The van der Waals surface area contributed by atoms with Gasteiger partial charge in [-0.15, -0.1) is 11.3 Å². The first-order valence-electron chi connectivity index (χ1n) is 11.5. The fourth-order valence-corrected chi connectivity index (χ4v) is 4.95. The Bertz CT molecular complexity index is 911. The third-order valence-corrected chi connectivity index (χ3v) is 6.63. The Labute approximate surface area is 195 Å². The van der Waals surface area contributed by atoms with Crippen LogP contribution in [-0.2, 0) is 11.2 Å². The maximum absolute atomic E-state index is 13.4. The summed E-state index contributed by atoms with van der Waals surface area (Å²) in [5.41, 5.74) is 2.23. The van der Waals surface area contributed by atoms with Gasteiger partial charge in [-0.25, -0.2) is 4.79 Å². The minimum absolute atomic E-state index is 0.0347. The van der Waals surface area contributed by atoms with Crippen molar-refractivity contribution in [3.05, 3.63) is 51.7 Å². The lowest BCUT2D eigenvalue weighted by Gasteiger charge is -2.37. The van der Waals surface area contributed by atoms with Crippen molar-refractivity contribution in [1.82, 2.24) is 15.1 Å². The number of hydrogen-bond donors (Lipinski definition) is 1. The SMILES string of the molecule is CCCNC(=O)N(CC(=O)N1CCc2sccc2[C@@H]1COc1ccccc1C)CC(C)C. The van der Waals surface area contributed by atoms with E-state index in [-0.39, 0.29) is 30.4 Å². The van der Waals surface area contributed by atoms with Gasteiger partial charge in [-0.05, 0) is 54.3 Å². The molecule has 6 nitrogen and oxygen atoms in total. The van der Waals surface area contributed by atoms with E-state index in [2.05, 4.69) is 30.6 Å². The number of benzene rings is 1. The van der Waals surface area contributed by atoms with E-state index >= 15 is 0 Å². The van der Waals surface area contributed by atoms with E-state index < -0.39 is 0 Å². The van der Waals surface area contributed by atoms with Crippen molar-refractivity contribution in [2.45, 2.75) is 46.6 Å². The third kappa shape index (κ3) is 6.03. The molecule has 0 saturated carbocycles. The van der Waals surface area contributed by atoms with Gasteiger partial charge in [-0.2, -0.15) is 0 Å². The van der Waals surface area contributed by atoms with Crippen LogP contribution >= 0.6 is 11.3 Å². The molecule has 2 aromatic rings. The molecule has 0 unspecified atom stereocenters. The number of fused-ring (bicyclic) bond motifs is 1. The highest BCUT2D eigenvalue weighted by Gasteiger charge is 2.33. The topological polar surface area (TPSA) is 61.9 Å². The largest absolute Gasteiger partial charge is 0.491 e. The van der Waals surface area contributed by atoms with Crippen LogP contribution in [-0.4, -0.2) is 54.5 Å². The number of para-hydroxylation sites is 1. The van der Waals surface area contributed by atoms with E-state index in [1.54, 1.807) is 16.2 Å². The van der Waals surface area contributed by atoms with Crippen molar-refractivity contribution in [2.75, 3.05) is 32.8 Å². The molecule has 1 N–H and O–H groups in total. The summed E-state index contributed by atoms with van der Waals surface area (Å²) in [6.07, 6.45) is 1.70. The summed E-state index contributed by atoms with van der Waals surface area (Å²) in [4.78, 5) is 31.0. The summed E-state index contributed by atoms with van der Waals surface area (Å²) in [5.74, 6) is 1.08. The smallest absolute Gasteiger partial charge is 0.317 e. The maximum atomic E-state index is 13.4. The molecule has 3 amide bonds. The van der Waals surface area contributed by atoms with Gasteiger partial charge in [0.1, 0.15) is 18.9 Å². The van der Waals surface area contributed by atoms with Crippen LogP contribution in [0, 0.1) is 12.8 Å². The van der Waals surface area contributed by atoms with Crippen molar-refractivity contribution < 1.29 is 14.3 Å². The lowest BCUT2D eigenvalue weighted by molar-refractivity contribution is -0.135. The van der Waals surface area contributed by atoms with Crippen LogP contribution in [0.5, 0.6) is 5.75 Å². The number of amides is 3. The van der Waals surface area contributed by atoms with Crippen molar-refractivity contribution >= 4 is 23.3 Å². The molecule has 32 heavy (non-hydrogen) atoms. The average molecular weight is 458 g/mol. The number of aryl methyl sites for hydroxylation is 1. The third-order valence-electron chi connectivity index (χ3n) is 5.63. The second kappa shape index (κ2) is 11.4. The van der Waals surface area contributed by atoms with Crippen LogP contribution in [0.15, 0.2) is 35.7 Å². The number of carbonyl (C=O) groups is 2. The molecule has 2 heterocycles. The standard InChI is InChI=1S/C25H35N3O3S/c1-5-12-26-25(30)27(15-18(2)3)16-24(29)28-13-10-23-20(11-14-32-23)21(28)17-31-22-9-7-6-8-19(22)4/h6-9,11,14,18,21H,5,10,12-13,15-17H2,1-4H3,(H,26,30)/t21-/m0/s1. The van der Waals surface area contributed by atoms with Gasteiger partial charge in [0.2, 0.25) is 5.91 Å². The molecule has 0 saturated heterocycles. The molecule has 1 aromatic carbocycles. The van der Waals surface area contributed by atoms with Crippen LogP contribution in [0.25, 0.3) is 0 Å². The Hall–Kier alpha value is -2.54. The number of nitrogens with zero attached hydrogens (tertiary/aromatic N) is 2. The summed E-state index contributed by atoms with van der Waals surface area (Å²) >= 11 is 1.74. The number of nitrogens with one attached hydrogen (secondary N) is 1. The van der Waals surface area contributed by atoms with Crippen LogP contribution < -0.4 is 10.1 Å². The number of urea groups is 1. The van der Waals surface area contributed by atoms with Gasteiger partial charge in [-0.1, -0.05) is 39.0 Å². The van der Waals surface area contributed by atoms with E-state index in [9.17, 15) is 9.59 Å². The molecule has 0 radical (unpaired) electrons. The first-order valence-corrected chi connectivity index (χ1v) is 12.4. The summed E-state index contributed by atoms with van der Waals surface area (Å²) in [5, 5.41) is 5.00. The number of rotatable bonds is 9. The maximum Gasteiger partial charge on any atom is 0.317 e. The lowest BCUT2D eigenvalue weighted by Crippen LogP contribution is -2.50. The van der Waals surface area contributed by atoms with E-state index in [1.807, 2.05) is 43.0 Å². The number of carbonyl (C=O) groups excluding carboxylic acids is 2. The Morgan fingerprint density at radius 2 is 2.06 bits per heavy atom. The summed E-state index contributed by atoms with van der Waals surface area (Å²) in [6.45, 7) is 10.4. The van der Waals surface area contributed by atoms with Gasteiger partial charge in [0.15, 0.2) is 0 Å². The predicted molar refractivity (Wildman–Crippen MR) is 129 cm³/mol. The molecule has 3 rings (SSSR count). The summed E-state index contributed by atoms with van der Waals surface area (Å²) in [6, 6.07) is 9.70. The Kier molecular flexibility index (Phi) is 8.56. The van der Waals surface area contributed by atoms with Crippen LogP contribution in [0.1, 0.15) is 49.2 Å². The molecule has 1 atom stereocenters. The Balaban J connectivity index is 1.76. The molecular formula is C25H35N3O3S. The number of thiophene rings is 1. The van der Waals surface area contributed by atoms with Gasteiger partial charge in [0.05, 0.1) is 6.04 Å². The van der Waals surface area contributed by atoms with Gasteiger partial charge < -0.3 is 19.9 Å². The predicted octanol–water partition coefficient (Wildman–Crippen LogP) is 4.64. The molecule has 0 bridgehead atoms. The molecule has 1 aliphatic rings. The minimum atomic E-state index is -0.171. The quantitative estimate of drug-likeness (QED) is 0.597. The van der Waals surface area contributed by atoms with E-state index in [1.165, 1.54) is 4.88 Å². The van der Waals surface area contributed by atoms with Crippen LogP contribution in [0.3, 0.4) is 0 Å². The van der Waals surface area contributed by atoms with Crippen molar-refractivity contribution in [1.29, 1.82) is 0 Å². The first-order chi connectivity index (χ1) is 15.4. The molecular weight excluding hydrogens is 422 g/mol. The highest BCUT2D eigenvalue weighted by Crippen LogP contribution is 2.34. The molecule has 1 aliphatic heterocycles. The van der Waals surface area contributed by atoms with Gasteiger partial charge in [0, 0.05) is 24.5 Å². The average Bonchev–Trinajstić information content (AvgIpc) is 3.25. The molecule has 0 aliphatic carbocycles. The molecule has 0 spiro atoms. The first kappa shape index (κ1) is 24.1. The fraction of sp³-hybridized carbons (Fsp3) is 0.520. The van der Waals surface area contributed by atoms with E-state index in [0.717, 1.165) is 29.7 Å². The zero-order valence-corrected chi connectivity index (χ0v) is 20.4. The van der Waals surface area contributed by atoms with Crippen LogP contribution in [0.4, 0.5) is 4.79 Å². The second-order valence-corrected chi connectivity index (χ2v) is 9.74. The monoisotopic (exact) mass is 457 g/mol. The molecule has 1 aromatic heterocycles. The summed E-state index contributed by atoms with van der Waals surface area (Å²) < 4.78 is 6.17. The molecule has 0 fully saturated rings. The normalized spacial score (nSPS) is 15.4. The number of hydrogen-bond acceptors (Lipinski definition) is 4. The van der Waals surface area contributed by atoms with Crippen molar-refractivity contribution in [2.24, 2.45) is 5.92 Å². The highest BCUT2D eigenvalue weighted by molar-refractivity contribution is 7.10. The number of ether oxygens (including phenoxy) is 1. The van der Waals surface area contributed by atoms with Gasteiger partial charge in [0.25, 0.3) is 0 Å².